The molecular formula is C23H21BrN2O. The molecule has 0 bridgehead atoms. The highest BCUT2D eigenvalue weighted by Crippen LogP contribution is 2.35. The van der Waals surface area contributed by atoms with Gasteiger partial charge in [0.25, 0.3) is 0 Å². The maximum absolute atomic E-state index is 12.9. The topological polar surface area (TPSA) is 36.1 Å². The molecule has 1 aromatic heterocycles. The van der Waals surface area contributed by atoms with Gasteiger partial charge in [-0.15, -0.1) is 0 Å². The minimum atomic E-state index is 0.0601. The highest BCUT2D eigenvalue weighted by Gasteiger charge is 2.28. The smallest absolute Gasteiger partial charge is 0.193 e. The van der Waals surface area contributed by atoms with Crippen LogP contribution in [0.15, 0.2) is 59.2 Å². The third-order valence-corrected chi connectivity index (χ3v) is 6.40. The number of aromatic amines is 1. The van der Waals surface area contributed by atoms with Crippen LogP contribution in [0.1, 0.15) is 40.7 Å². The van der Waals surface area contributed by atoms with E-state index in [0.717, 1.165) is 33.9 Å². The Morgan fingerprint density at radius 3 is 2.93 bits per heavy atom. The molecule has 1 unspecified atom stereocenters. The average molecular weight is 421 g/mol. The van der Waals surface area contributed by atoms with Crippen molar-refractivity contribution in [2.24, 2.45) is 0 Å². The highest BCUT2D eigenvalue weighted by atomic mass is 79.9. The predicted molar refractivity (Wildman–Crippen MR) is 113 cm³/mol. The van der Waals surface area contributed by atoms with E-state index in [1.807, 2.05) is 42.5 Å². The first-order valence-electron chi connectivity index (χ1n) is 9.54. The van der Waals surface area contributed by atoms with Crippen molar-refractivity contribution < 1.29 is 4.79 Å². The number of carbonyl (C=O) groups is 1. The standard InChI is InChI=1S/C23H21BrN2O/c24-18-4-1-3-16(11-18)23(27)17-6-7-22-20(13-17)21(14-25-22)15-8-10-26-9-2-5-19(26)12-15/h1,3-4,6-8,11,13-14,19,25H,2,5,9-10,12H2. The van der Waals surface area contributed by atoms with Gasteiger partial charge in [0.05, 0.1) is 0 Å². The van der Waals surface area contributed by atoms with Gasteiger partial charge in [-0.1, -0.05) is 34.1 Å². The number of rotatable bonds is 3. The van der Waals surface area contributed by atoms with E-state index >= 15 is 0 Å². The fourth-order valence-corrected chi connectivity index (χ4v) is 4.87. The summed E-state index contributed by atoms with van der Waals surface area (Å²) in [5, 5.41) is 1.15. The van der Waals surface area contributed by atoms with Crippen molar-refractivity contribution in [3.05, 3.63) is 75.9 Å². The monoisotopic (exact) mass is 420 g/mol. The van der Waals surface area contributed by atoms with Crippen LogP contribution in [-0.4, -0.2) is 34.8 Å². The number of nitrogens with zero attached hydrogens (tertiary/aromatic N) is 1. The first-order valence-corrected chi connectivity index (χ1v) is 10.3. The Labute approximate surface area is 167 Å². The number of H-pyrrole nitrogens is 1. The Balaban J connectivity index is 1.52. The minimum Gasteiger partial charge on any atom is -0.361 e. The molecule has 3 nitrogen and oxygen atoms in total. The lowest BCUT2D eigenvalue weighted by Crippen LogP contribution is -2.32. The summed E-state index contributed by atoms with van der Waals surface area (Å²) in [7, 11) is 0. The van der Waals surface area contributed by atoms with Crippen LogP contribution >= 0.6 is 15.9 Å². The van der Waals surface area contributed by atoms with E-state index in [-0.39, 0.29) is 5.78 Å². The van der Waals surface area contributed by atoms with Gasteiger partial charge in [0, 0.05) is 50.8 Å². The van der Waals surface area contributed by atoms with Gasteiger partial charge in [0.15, 0.2) is 5.78 Å². The van der Waals surface area contributed by atoms with E-state index in [4.69, 9.17) is 0 Å². The van der Waals surface area contributed by atoms with Gasteiger partial charge < -0.3 is 4.98 Å². The molecule has 1 fully saturated rings. The summed E-state index contributed by atoms with van der Waals surface area (Å²) in [5.74, 6) is 0.0601. The van der Waals surface area contributed by atoms with Crippen molar-refractivity contribution in [1.82, 2.24) is 9.88 Å². The normalized spacial score (nSPS) is 19.9. The number of halogens is 1. The molecule has 136 valence electrons. The largest absolute Gasteiger partial charge is 0.361 e. The number of nitrogens with one attached hydrogen (secondary N) is 1. The lowest BCUT2D eigenvalue weighted by atomic mass is 9.93. The van der Waals surface area contributed by atoms with Gasteiger partial charge >= 0.3 is 0 Å². The zero-order chi connectivity index (χ0) is 18.4. The molecular weight excluding hydrogens is 400 g/mol. The maximum atomic E-state index is 12.9. The zero-order valence-electron chi connectivity index (χ0n) is 15.0. The van der Waals surface area contributed by atoms with Crippen LogP contribution in [-0.2, 0) is 0 Å². The van der Waals surface area contributed by atoms with Gasteiger partial charge in [-0.3, -0.25) is 9.69 Å². The van der Waals surface area contributed by atoms with Gasteiger partial charge in [-0.25, -0.2) is 0 Å². The van der Waals surface area contributed by atoms with Crippen molar-refractivity contribution in [3.63, 3.8) is 0 Å². The number of benzene rings is 2. The van der Waals surface area contributed by atoms with E-state index in [1.54, 1.807) is 0 Å². The highest BCUT2D eigenvalue weighted by molar-refractivity contribution is 9.10. The molecule has 5 rings (SSSR count). The Hall–Kier alpha value is -2.17. The maximum Gasteiger partial charge on any atom is 0.193 e. The lowest BCUT2D eigenvalue weighted by molar-refractivity contribution is 0.103. The van der Waals surface area contributed by atoms with Crippen LogP contribution < -0.4 is 0 Å². The average Bonchev–Trinajstić information content (AvgIpc) is 3.32. The molecule has 2 aliphatic rings. The van der Waals surface area contributed by atoms with Crippen LogP contribution in [0, 0.1) is 0 Å². The van der Waals surface area contributed by atoms with E-state index in [2.05, 4.69) is 38.1 Å². The molecule has 3 heterocycles. The van der Waals surface area contributed by atoms with Crippen LogP contribution in [0.4, 0.5) is 0 Å². The second-order valence-corrected chi connectivity index (χ2v) is 8.44. The van der Waals surface area contributed by atoms with E-state index in [0.29, 0.717) is 11.6 Å². The molecule has 0 radical (unpaired) electrons. The molecule has 1 saturated heterocycles. The van der Waals surface area contributed by atoms with E-state index < -0.39 is 0 Å². The molecule has 1 N–H and O–H groups in total. The fourth-order valence-electron chi connectivity index (χ4n) is 4.48. The van der Waals surface area contributed by atoms with Crippen molar-refractivity contribution in [3.8, 4) is 0 Å². The van der Waals surface area contributed by atoms with Gasteiger partial charge in [0.2, 0.25) is 0 Å². The molecule has 4 heteroatoms. The summed E-state index contributed by atoms with van der Waals surface area (Å²) in [6.45, 7) is 2.27. The third kappa shape index (κ3) is 3.07. The van der Waals surface area contributed by atoms with Gasteiger partial charge in [-0.05, 0) is 61.7 Å². The Morgan fingerprint density at radius 1 is 1.15 bits per heavy atom. The minimum absolute atomic E-state index is 0.0601. The Morgan fingerprint density at radius 2 is 2.04 bits per heavy atom. The lowest BCUT2D eigenvalue weighted by Gasteiger charge is -2.29. The number of aromatic nitrogens is 1. The molecule has 27 heavy (non-hydrogen) atoms. The second-order valence-electron chi connectivity index (χ2n) is 7.53. The summed E-state index contributed by atoms with van der Waals surface area (Å²) in [4.78, 5) is 18.9. The Kier molecular flexibility index (Phi) is 4.25. The summed E-state index contributed by atoms with van der Waals surface area (Å²) in [6, 6.07) is 14.3. The molecule has 3 aromatic rings. The molecule has 1 atom stereocenters. The molecule has 0 aliphatic carbocycles. The molecule has 0 amide bonds. The predicted octanol–water partition coefficient (Wildman–Crippen LogP) is 5.41. The van der Waals surface area contributed by atoms with Crippen LogP contribution in [0.3, 0.4) is 0 Å². The van der Waals surface area contributed by atoms with Gasteiger partial charge in [-0.2, -0.15) is 0 Å². The van der Waals surface area contributed by atoms with E-state index in [1.165, 1.54) is 30.5 Å². The number of fused-ring (bicyclic) bond motifs is 2. The summed E-state index contributed by atoms with van der Waals surface area (Å²) >= 11 is 3.45. The van der Waals surface area contributed by atoms with Crippen LogP contribution in [0.5, 0.6) is 0 Å². The first-order chi connectivity index (χ1) is 13.2. The second kappa shape index (κ2) is 6.77. The van der Waals surface area contributed by atoms with E-state index in [9.17, 15) is 4.79 Å². The number of ketones is 1. The van der Waals surface area contributed by atoms with Crippen molar-refractivity contribution in [2.75, 3.05) is 13.1 Å². The summed E-state index contributed by atoms with van der Waals surface area (Å²) in [6.07, 6.45) is 8.19. The van der Waals surface area contributed by atoms with Crippen molar-refractivity contribution in [2.45, 2.75) is 25.3 Å². The number of hydrogen-bond donors (Lipinski definition) is 1. The molecule has 0 saturated carbocycles. The summed E-state index contributed by atoms with van der Waals surface area (Å²) < 4.78 is 0.922. The Bertz CT molecular complexity index is 1070. The van der Waals surface area contributed by atoms with Crippen LogP contribution in [0.25, 0.3) is 16.5 Å². The SMILES string of the molecule is O=C(c1cccc(Br)c1)c1ccc2[nH]cc(C3=CCN4CCCC4C3)c2c1. The van der Waals surface area contributed by atoms with Crippen molar-refractivity contribution in [1.29, 1.82) is 0 Å². The van der Waals surface area contributed by atoms with Crippen LogP contribution in [0.2, 0.25) is 0 Å². The summed E-state index contributed by atoms with van der Waals surface area (Å²) in [5.41, 5.74) is 5.20. The molecule has 2 aliphatic heterocycles. The number of carbonyl (C=O) groups excluding carboxylic acids is 1. The molecule has 2 aromatic carbocycles. The zero-order valence-corrected chi connectivity index (χ0v) is 16.6. The quantitative estimate of drug-likeness (QED) is 0.574. The number of hydrogen-bond acceptors (Lipinski definition) is 2. The first kappa shape index (κ1) is 17.0. The molecule has 0 spiro atoms. The third-order valence-electron chi connectivity index (χ3n) is 5.90. The van der Waals surface area contributed by atoms with Crippen molar-refractivity contribution >= 4 is 38.2 Å². The van der Waals surface area contributed by atoms with Gasteiger partial charge in [0.1, 0.15) is 0 Å². The fraction of sp³-hybridized carbons (Fsp3) is 0.261.